The van der Waals surface area contributed by atoms with Crippen molar-refractivity contribution in [2.75, 3.05) is 31.0 Å². The Morgan fingerprint density at radius 2 is 1.79 bits per heavy atom. The summed E-state index contributed by atoms with van der Waals surface area (Å²) < 4.78 is 7.75. The summed E-state index contributed by atoms with van der Waals surface area (Å²) in [5.41, 5.74) is 3.65. The summed E-state index contributed by atoms with van der Waals surface area (Å²) in [5, 5.41) is 0.580. The number of rotatable bonds is 6. The van der Waals surface area contributed by atoms with Gasteiger partial charge < -0.3 is 19.2 Å². The Bertz CT molecular complexity index is 1590. The summed E-state index contributed by atoms with van der Waals surface area (Å²) >= 11 is 12.4. The number of nitrogens with one attached hydrogen (secondary N) is 1. The van der Waals surface area contributed by atoms with Crippen molar-refractivity contribution < 1.29 is 9.53 Å². The van der Waals surface area contributed by atoms with Crippen LogP contribution in [0.3, 0.4) is 0 Å². The maximum absolute atomic E-state index is 14.0. The molecule has 0 fully saturated rings. The number of halogens is 2. The maximum Gasteiger partial charge on any atom is 0.266 e. The van der Waals surface area contributed by atoms with Gasteiger partial charge in [-0.05, 0) is 43.7 Å². The van der Waals surface area contributed by atoms with E-state index in [-0.39, 0.29) is 17.0 Å². The van der Waals surface area contributed by atoms with Crippen LogP contribution in [0, 0.1) is 0 Å². The van der Waals surface area contributed by atoms with E-state index in [1.54, 1.807) is 35.2 Å². The molecule has 0 spiro atoms. The maximum atomic E-state index is 14.0. The second-order valence-corrected chi connectivity index (χ2v) is 10.3. The first-order valence-corrected chi connectivity index (χ1v) is 12.7. The van der Waals surface area contributed by atoms with Crippen LogP contribution < -0.4 is 20.1 Å². The normalized spacial score (nSPS) is 14.8. The Kier molecular flexibility index (Phi) is 6.66. The Morgan fingerprint density at radius 1 is 1.08 bits per heavy atom. The molecule has 11 heteroatoms. The Hall–Kier alpha value is -3.82. The molecule has 0 aliphatic carbocycles. The summed E-state index contributed by atoms with van der Waals surface area (Å²) in [6.45, 7) is 4.10. The van der Waals surface area contributed by atoms with Crippen molar-refractivity contribution in [3.63, 3.8) is 0 Å². The Balaban J connectivity index is 1.77. The predicted molar refractivity (Wildman–Crippen MR) is 149 cm³/mol. The lowest BCUT2D eigenvalue weighted by atomic mass is 10.0. The molecule has 0 bridgehead atoms. The van der Waals surface area contributed by atoms with Gasteiger partial charge in [0.2, 0.25) is 11.8 Å². The molecule has 1 atom stereocenters. The number of pyridine rings is 1. The molecule has 196 valence electrons. The largest absolute Gasteiger partial charge is 0.480 e. The average Bonchev–Trinajstić information content (AvgIpc) is 3.41. The molecule has 1 amide bonds. The lowest BCUT2D eigenvalue weighted by Gasteiger charge is -2.29. The van der Waals surface area contributed by atoms with Crippen LogP contribution in [-0.2, 0) is 0 Å². The highest BCUT2D eigenvalue weighted by Crippen LogP contribution is 2.47. The number of H-pyrrole nitrogens is 1. The van der Waals surface area contributed by atoms with Gasteiger partial charge in [-0.1, -0.05) is 35.3 Å². The number of hydrogen-bond donors (Lipinski definition) is 1. The first-order valence-electron chi connectivity index (χ1n) is 11.9. The second-order valence-electron chi connectivity index (χ2n) is 9.44. The minimum Gasteiger partial charge on any atom is -0.480 e. The van der Waals surface area contributed by atoms with Crippen LogP contribution in [0.5, 0.6) is 5.88 Å². The summed E-state index contributed by atoms with van der Waals surface area (Å²) in [4.78, 5) is 41.1. The number of methoxy groups -OCH3 is 1. The van der Waals surface area contributed by atoms with Crippen molar-refractivity contribution in [1.29, 1.82) is 0 Å². The molecule has 0 unspecified atom stereocenters. The van der Waals surface area contributed by atoms with Crippen LogP contribution >= 0.6 is 23.2 Å². The standard InChI is InChI=1S/C27H26Cl2N6O3/c1-14(2)34-21(19-13-31-27(33(3)4)32-25(19)38-5)11-18-23(34)22(15-6-8-16(28)9-7-15)35(26(18)37)17-10-20(29)24(36)30-12-17/h6-14,22H,1-5H3,(H,30,36)/t22-/m1/s1. The zero-order chi connectivity index (χ0) is 27.3. The number of nitrogens with zero attached hydrogens (tertiary/aromatic N) is 5. The first kappa shape index (κ1) is 25.8. The van der Waals surface area contributed by atoms with Crippen molar-refractivity contribution >= 4 is 40.7 Å². The van der Waals surface area contributed by atoms with Crippen LogP contribution in [0.4, 0.5) is 11.6 Å². The highest BCUT2D eigenvalue weighted by atomic mass is 35.5. The van der Waals surface area contributed by atoms with Gasteiger partial charge in [0.1, 0.15) is 11.1 Å². The zero-order valence-electron chi connectivity index (χ0n) is 21.5. The van der Waals surface area contributed by atoms with Crippen LogP contribution in [-0.4, -0.2) is 46.6 Å². The van der Waals surface area contributed by atoms with Gasteiger partial charge in [0.15, 0.2) is 0 Å². The number of carbonyl (C=O) groups is 1. The van der Waals surface area contributed by atoms with Crippen LogP contribution in [0.15, 0.2) is 53.6 Å². The Morgan fingerprint density at radius 3 is 2.39 bits per heavy atom. The van der Waals surface area contributed by atoms with E-state index in [0.717, 1.165) is 17.0 Å². The third-order valence-electron chi connectivity index (χ3n) is 6.48. The third-order valence-corrected chi connectivity index (χ3v) is 7.01. The van der Waals surface area contributed by atoms with Crippen molar-refractivity contribution in [2.45, 2.75) is 25.9 Å². The predicted octanol–water partition coefficient (Wildman–Crippen LogP) is 5.35. The Labute approximate surface area is 229 Å². The number of aromatic nitrogens is 4. The lowest BCUT2D eigenvalue weighted by Crippen LogP contribution is -2.30. The second kappa shape index (κ2) is 9.81. The van der Waals surface area contributed by atoms with Crippen LogP contribution in [0.2, 0.25) is 10.0 Å². The van der Waals surface area contributed by atoms with Crippen molar-refractivity contribution in [2.24, 2.45) is 0 Å². The molecule has 1 aliphatic heterocycles. The number of amides is 1. The number of aromatic amines is 1. The summed E-state index contributed by atoms with van der Waals surface area (Å²) in [7, 11) is 5.27. The van der Waals surface area contributed by atoms with E-state index >= 15 is 0 Å². The fraction of sp³-hybridized carbons (Fsp3) is 0.259. The molecular weight excluding hydrogens is 527 g/mol. The van der Waals surface area contributed by atoms with Gasteiger partial charge in [-0.15, -0.1) is 0 Å². The summed E-state index contributed by atoms with van der Waals surface area (Å²) in [5.74, 6) is 0.687. The molecular formula is C27H26Cl2N6O3. The van der Waals surface area contributed by atoms with E-state index < -0.39 is 11.6 Å². The van der Waals surface area contributed by atoms with Gasteiger partial charge in [0.05, 0.1) is 35.3 Å². The number of benzene rings is 1. The summed E-state index contributed by atoms with van der Waals surface area (Å²) in [6.07, 6.45) is 3.21. The number of hydrogen-bond acceptors (Lipinski definition) is 6. The highest BCUT2D eigenvalue weighted by Gasteiger charge is 2.43. The van der Waals surface area contributed by atoms with Gasteiger partial charge in [0.25, 0.3) is 11.5 Å². The van der Waals surface area contributed by atoms with E-state index in [1.165, 1.54) is 12.3 Å². The molecule has 0 saturated carbocycles. The van der Waals surface area contributed by atoms with Crippen LogP contribution in [0.1, 0.15) is 47.5 Å². The third kappa shape index (κ3) is 4.21. The molecule has 3 aromatic heterocycles. The van der Waals surface area contributed by atoms with E-state index in [0.29, 0.717) is 33.7 Å². The monoisotopic (exact) mass is 552 g/mol. The van der Waals surface area contributed by atoms with Gasteiger partial charge in [-0.2, -0.15) is 4.98 Å². The van der Waals surface area contributed by atoms with E-state index in [1.807, 2.05) is 46.1 Å². The highest BCUT2D eigenvalue weighted by molar-refractivity contribution is 6.31. The number of fused-ring (bicyclic) bond motifs is 1. The van der Waals surface area contributed by atoms with E-state index in [9.17, 15) is 9.59 Å². The smallest absolute Gasteiger partial charge is 0.266 e. The molecule has 1 aliphatic rings. The fourth-order valence-corrected chi connectivity index (χ4v) is 5.12. The minimum absolute atomic E-state index is 0.00275. The van der Waals surface area contributed by atoms with Gasteiger partial charge in [0, 0.05) is 37.6 Å². The zero-order valence-corrected chi connectivity index (χ0v) is 23.0. The number of carbonyl (C=O) groups excluding carboxylic acids is 1. The molecule has 0 saturated heterocycles. The molecule has 1 N–H and O–H groups in total. The van der Waals surface area contributed by atoms with Gasteiger partial charge in [-0.3, -0.25) is 14.5 Å². The molecule has 9 nitrogen and oxygen atoms in total. The lowest BCUT2D eigenvalue weighted by molar-refractivity contribution is 0.0993. The van der Waals surface area contributed by atoms with Crippen molar-refractivity contribution in [3.8, 4) is 17.1 Å². The molecule has 0 radical (unpaired) electrons. The topological polar surface area (TPSA) is 96.3 Å². The molecule has 4 heterocycles. The average molecular weight is 553 g/mol. The molecule has 1 aromatic carbocycles. The molecule has 4 aromatic rings. The van der Waals surface area contributed by atoms with Gasteiger partial charge >= 0.3 is 0 Å². The van der Waals surface area contributed by atoms with E-state index in [2.05, 4.69) is 19.5 Å². The molecule has 38 heavy (non-hydrogen) atoms. The minimum atomic E-state index is -0.513. The summed E-state index contributed by atoms with van der Waals surface area (Å²) in [6, 6.07) is 10.2. The fourth-order valence-electron chi connectivity index (χ4n) is 4.83. The number of anilines is 2. The first-order chi connectivity index (χ1) is 18.1. The van der Waals surface area contributed by atoms with Gasteiger partial charge in [-0.25, -0.2) is 4.98 Å². The van der Waals surface area contributed by atoms with E-state index in [4.69, 9.17) is 27.9 Å². The SMILES string of the molecule is COc1nc(N(C)C)ncc1-c1cc2c(n1C(C)C)[C@@H](c1ccc(Cl)cc1)N(c1c[nH]c(=O)c(Cl)c1)C2=O. The molecule has 5 rings (SSSR count). The van der Waals surface area contributed by atoms with Crippen molar-refractivity contribution in [3.05, 3.63) is 86.0 Å². The van der Waals surface area contributed by atoms with Crippen LogP contribution in [0.25, 0.3) is 11.3 Å². The quantitative estimate of drug-likeness (QED) is 0.346. The number of ether oxygens (including phenoxy) is 1. The van der Waals surface area contributed by atoms with Crippen molar-refractivity contribution in [1.82, 2.24) is 19.5 Å².